The van der Waals surface area contributed by atoms with Crippen LogP contribution in [0.2, 0.25) is 0 Å². The third kappa shape index (κ3) is 3.18. The molecule has 78 valence electrons. The van der Waals surface area contributed by atoms with Gasteiger partial charge in [-0.1, -0.05) is 0 Å². The van der Waals surface area contributed by atoms with Gasteiger partial charge in [-0.25, -0.2) is 0 Å². The number of nitrogens with zero attached hydrogens (tertiary/aromatic N) is 2. The van der Waals surface area contributed by atoms with Crippen LogP contribution in [-0.4, -0.2) is 22.2 Å². The van der Waals surface area contributed by atoms with Crippen molar-refractivity contribution >= 4 is 5.91 Å². The lowest BCUT2D eigenvalue weighted by molar-refractivity contribution is -0.117. The van der Waals surface area contributed by atoms with Gasteiger partial charge in [-0.3, -0.25) is 9.48 Å². The van der Waals surface area contributed by atoms with Gasteiger partial charge in [0.1, 0.15) is 0 Å². The molecule has 1 heterocycles. The number of carbonyl (C=O) groups excluding carboxylic acids is 1. The lowest BCUT2D eigenvalue weighted by atomic mass is 10.3. The van der Waals surface area contributed by atoms with Gasteiger partial charge in [0, 0.05) is 26.6 Å². The third-order valence-electron chi connectivity index (χ3n) is 1.95. The van der Waals surface area contributed by atoms with Crippen LogP contribution in [0.15, 0.2) is 6.07 Å². The highest BCUT2D eigenvalue weighted by molar-refractivity contribution is 5.73. The van der Waals surface area contributed by atoms with Gasteiger partial charge in [0.05, 0.1) is 11.4 Å². The van der Waals surface area contributed by atoms with Crippen LogP contribution in [0.5, 0.6) is 0 Å². The molecule has 5 heteroatoms. The molecule has 0 atom stereocenters. The van der Waals surface area contributed by atoms with Crippen LogP contribution in [0.1, 0.15) is 17.8 Å². The molecule has 14 heavy (non-hydrogen) atoms. The van der Waals surface area contributed by atoms with E-state index in [9.17, 15) is 4.79 Å². The Labute approximate surface area is 83.3 Å². The topological polar surface area (TPSA) is 72.9 Å². The predicted octanol–water partition coefficient (Wildman–Crippen LogP) is -0.306. The Morgan fingerprint density at radius 1 is 1.71 bits per heavy atom. The van der Waals surface area contributed by atoms with Crippen LogP contribution in [-0.2, 0) is 18.4 Å². The van der Waals surface area contributed by atoms with Crippen molar-refractivity contribution in [2.24, 2.45) is 12.8 Å². The number of nitrogens with one attached hydrogen (secondary N) is 1. The Morgan fingerprint density at radius 2 is 2.43 bits per heavy atom. The molecule has 1 aromatic heterocycles. The maximum absolute atomic E-state index is 10.4. The molecule has 0 bridgehead atoms. The van der Waals surface area contributed by atoms with Gasteiger partial charge < -0.3 is 11.1 Å². The summed E-state index contributed by atoms with van der Waals surface area (Å²) in [5.41, 5.74) is 7.11. The molecule has 0 spiro atoms. The summed E-state index contributed by atoms with van der Waals surface area (Å²) in [4.78, 5) is 10.4. The minimum atomic E-state index is -0.279. The highest BCUT2D eigenvalue weighted by Gasteiger charge is 2.01. The minimum absolute atomic E-state index is 0.279. The first-order valence-electron chi connectivity index (χ1n) is 4.58. The lowest BCUT2D eigenvalue weighted by Crippen LogP contribution is -2.22. The number of amides is 1. The Morgan fingerprint density at radius 3 is 2.93 bits per heavy atom. The smallest absolute Gasteiger partial charge is 0.218 e. The zero-order chi connectivity index (χ0) is 10.6. The molecule has 0 fully saturated rings. The van der Waals surface area contributed by atoms with Gasteiger partial charge in [0.25, 0.3) is 0 Å². The normalized spacial score (nSPS) is 10.4. The second-order valence-corrected chi connectivity index (χ2v) is 3.29. The summed E-state index contributed by atoms with van der Waals surface area (Å²) in [5, 5.41) is 7.34. The molecular formula is C9H16N4O. The van der Waals surface area contributed by atoms with Crippen molar-refractivity contribution in [1.82, 2.24) is 15.1 Å². The van der Waals surface area contributed by atoms with E-state index in [4.69, 9.17) is 5.73 Å². The van der Waals surface area contributed by atoms with Gasteiger partial charge in [-0.05, 0) is 13.0 Å². The first-order valence-corrected chi connectivity index (χ1v) is 4.58. The number of hydrogen-bond donors (Lipinski definition) is 2. The van der Waals surface area contributed by atoms with Crippen LogP contribution in [0.25, 0.3) is 0 Å². The summed E-state index contributed by atoms with van der Waals surface area (Å²) < 4.78 is 1.83. The average molecular weight is 196 g/mol. The molecule has 1 aromatic rings. The second-order valence-electron chi connectivity index (χ2n) is 3.29. The summed E-state index contributed by atoms with van der Waals surface area (Å²) in [6.07, 6.45) is 0.372. The van der Waals surface area contributed by atoms with Crippen LogP contribution in [0, 0.1) is 6.92 Å². The van der Waals surface area contributed by atoms with Gasteiger partial charge in [0.2, 0.25) is 5.91 Å². The summed E-state index contributed by atoms with van der Waals surface area (Å²) in [6, 6.07) is 2.01. The minimum Gasteiger partial charge on any atom is -0.370 e. The molecule has 5 nitrogen and oxygen atoms in total. The van der Waals surface area contributed by atoms with E-state index in [0.29, 0.717) is 19.5 Å². The zero-order valence-electron chi connectivity index (χ0n) is 8.58. The Kier molecular flexibility index (Phi) is 3.64. The molecule has 0 aromatic carbocycles. The summed E-state index contributed by atoms with van der Waals surface area (Å²) >= 11 is 0. The molecule has 1 rings (SSSR count). The Balaban J connectivity index is 2.31. The van der Waals surface area contributed by atoms with E-state index in [0.717, 1.165) is 11.4 Å². The Bertz CT molecular complexity index is 319. The summed E-state index contributed by atoms with van der Waals surface area (Å²) in [5.74, 6) is -0.279. The SMILES string of the molecule is Cc1cc(CNCCC(N)=O)n(C)n1. The van der Waals surface area contributed by atoms with Gasteiger partial charge in [-0.2, -0.15) is 5.10 Å². The first-order chi connectivity index (χ1) is 6.59. The van der Waals surface area contributed by atoms with Crippen molar-refractivity contribution in [3.63, 3.8) is 0 Å². The number of carbonyl (C=O) groups is 1. The maximum atomic E-state index is 10.4. The molecule has 0 saturated carbocycles. The fraction of sp³-hybridized carbons (Fsp3) is 0.556. The third-order valence-corrected chi connectivity index (χ3v) is 1.95. The van der Waals surface area contributed by atoms with Crippen LogP contribution in [0.4, 0.5) is 0 Å². The molecule has 1 amide bonds. The van der Waals surface area contributed by atoms with Crippen molar-refractivity contribution in [1.29, 1.82) is 0 Å². The van der Waals surface area contributed by atoms with E-state index in [1.165, 1.54) is 0 Å². The molecule has 0 aliphatic rings. The quantitative estimate of drug-likeness (QED) is 0.635. The fourth-order valence-electron chi connectivity index (χ4n) is 1.26. The molecule has 0 radical (unpaired) electrons. The molecule has 0 aliphatic heterocycles. The van der Waals surface area contributed by atoms with E-state index in [1.807, 2.05) is 24.7 Å². The molecule has 0 aliphatic carbocycles. The number of hydrogen-bond acceptors (Lipinski definition) is 3. The van der Waals surface area contributed by atoms with Gasteiger partial charge in [0.15, 0.2) is 0 Å². The van der Waals surface area contributed by atoms with Gasteiger partial charge >= 0.3 is 0 Å². The summed E-state index contributed by atoms with van der Waals surface area (Å²) in [7, 11) is 1.90. The van der Waals surface area contributed by atoms with Crippen molar-refractivity contribution in [3.8, 4) is 0 Å². The highest BCUT2D eigenvalue weighted by atomic mass is 16.1. The lowest BCUT2D eigenvalue weighted by Gasteiger charge is -2.02. The fourth-order valence-corrected chi connectivity index (χ4v) is 1.26. The highest BCUT2D eigenvalue weighted by Crippen LogP contribution is 2.00. The molecular weight excluding hydrogens is 180 g/mol. The van der Waals surface area contributed by atoms with Gasteiger partial charge in [-0.15, -0.1) is 0 Å². The molecule has 3 N–H and O–H groups in total. The number of nitrogens with two attached hydrogens (primary N) is 1. The van der Waals surface area contributed by atoms with E-state index in [1.54, 1.807) is 0 Å². The second kappa shape index (κ2) is 4.76. The van der Waals surface area contributed by atoms with Crippen molar-refractivity contribution in [2.45, 2.75) is 19.9 Å². The number of aryl methyl sites for hydroxylation is 2. The molecule has 0 saturated heterocycles. The maximum Gasteiger partial charge on any atom is 0.218 e. The van der Waals surface area contributed by atoms with E-state index >= 15 is 0 Å². The standard InChI is InChI=1S/C9H16N4O/c1-7-5-8(13(2)12-7)6-11-4-3-9(10)14/h5,11H,3-4,6H2,1-2H3,(H2,10,14). The number of aromatic nitrogens is 2. The van der Waals surface area contributed by atoms with E-state index < -0.39 is 0 Å². The van der Waals surface area contributed by atoms with Crippen LogP contribution < -0.4 is 11.1 Å². The predicted molar refractivity (Wildman–Crippen MR) is 53.5 cm³/mol. The Hall–Kier alpha value is -1.36. The van der Waals surface area contributed by atoms with Crippen molar-refractivity contribution in [3.05, 3.63) is 17.5 Å². The monoisotopic (exact) mass is 196 g/mol. The van der Waals surface area contributed by atoms with Crippen molar-refractivity contribution in [2.75, 3.05) is 6.54 Å². The summed E-state index contributed by atoms with van der Waals surface area (Å²) in [6.45, 7) is 3.27. The van der Waals surface area contributed by atoms with E-state index in [2.05, 4.69) is 10.4 Å². The van der Waals surface area contributed by atoms with Crippen LogP contribution in [0.3, 0.4) is 0 Å². The largest absolute Gasteiger partial charge is 0.370 e. The molecule has 0 unspecified atom stereocenters. The van der Waals surface area contributed by atoms with Crippen molar-refractivity contribution < 1.29 is 4.79 Å². The zero-order valence-corrected chi connectivity index (χ0v) is 8.58. The first kappa shape index (κ1) is 10.7. The number of primary amides is 1. The number of rotatable bonds is 5. The average Bonchev–Trinajstić information content (AvgIpc) is 2.39. The van der Waals surface area contributed by atoms with E-state index in [-0.39, 0.29) is 5.91 Å². The van der Waals surface area contributed by atoms with Crippen LogP contribution >= 0.6 is 0 Å².